The highest BCUT2D eigenvalue weighted by atomic mass is 32.2. The number of methoxy groups -OCH3 is 1. The lowest BCUT2D eigenvalue weighted by molar-refractivity contribution is -0.682. The number of fused-ring (bicyclic) bond motifs is 1. The van der Waals surface area contributed by atoms with Crippen molar-refractivity contribution in [3.05, 3.63) is 101 Å². The van der Waals surface area contributed by atoms with Gasteiger partial charge in [0.2, 0.25) is 5.69 Å². The molecule has 1 aromatic heterocycles. The van der Waals surface area contributed by atoms with E-state index in [-0.39, 0.29) is 6.42 Å². The van der Waals surface area contributed by atoms with Crippen LogP contribution in [0.3, 0.4) is 0 Å². The largest absolute Gasteiger partial charge is 0.748 e. The van der Waals surface area contributed by atoms with Gasteiger partial charge in [-0.3, -0.25) is 0 Å². The molecule has 3 aromatic carbocycles. The van der Waals surface area contributed by atoms with Gasteiger partial charge in [0.25, 0.3) is 5.01 Å². The number of ether oxygens (including phenoxy) is 1. The van der Waals surface area contributed by atoms with Gasteiger partial charge in [0.1, 0.15) is 10.6 Å². The van der Waals surface area contributed by atoms with Crippen molar-refractivity contribution in [3.63, 3.8) is 0 Å². The van der Waals surface area contributed by atoms with E-state index in [0.29, 0.717) is 6.54 Å². The molecule has 42 heavy (non-hydrogen) atoms. The summed E-state index contributed by atoms with van der Waals surface area (Å²) in [4.78, 5) is 4.60. The van der Waals surface area contributed by atoms with Gasteiger partial charge in [-0.05, 0) is 54.8 Å². The fraction of sp³-hybridized carbons (Fsp3) is 0.242. The smallest absolute Gasteiger partial charge is 0.263 e. The molecule has 0 bridgehead atoms. The molecular formula is C33H34N2O4S3. The first-order valence-corrected chi connectivity index (χ1v) is 17.2. The Morgan fingerprint density at radius 2 is 1.69 bits per heavy atom. The Labute approximate surface area is 256 Å². The first-order chi connectivity index (χ1) is 20.3. The molecule has 0 aliphatic carbocycles. The Kier molecular flexibility index (Phi) is 9.53. The van der Waals surface area contributed by atoms with Crippen LogP contribution in [0, 0.1) is 0 Å². The van der Waals surface area contributed by atoms with Crippen LogP contribution in [0.4, 0.5) is 5.69 Å². The molecule has 1 aliphatic heterocycles. The standard InChI is InChI=1S/C33H34N2O4S3/c1-4-24(21-30-34(5-2)28-23-27(39-3)17-18-29(28)40-30)22-31-35(19-12-20-42(36,37)38)32(25-13-8-6-9-14-25)33(41-31)26-15-10-7-11-16-26/h6-11,13-18,21-23H,4-5,12,19-20H2,1-3H3. The summed E-state index contributed by atoms with van der Waals surface area (Å²) in [6.45, 7) is 5.53. The first kappa shape index (κ1) is 30.1. The fourth-order valence-electron chi connectivity index (χ4n) is 5.04. The third-order valence-corrected chi connectivity index (χ3v) is 10.2. The summed E-state index contributed by atoms with van der Waals surface area (Å²) in [6.07, 6.45) is 5.51. The zero-order valence-corrected chi connectivity index (χ0v) is 26.4. The molecule has 0 radical (unpaired) electrons. The molecule has 0 N–H and O–H groups in total. The van der Waals surface area contributed by atoms with Crippen LogP contribution in [0.1, 0.15) is 31.7 Å². The summed E-state index contributed by atoms with van der Waals surface area (Å²) >= 11 is 3.44. The van der Waals surface area contributed by atoms with Crippen LogP contribution < -0.4 is 14.2 Å². The van der Waals surface area contributed by atoms with Crippen LogP contribution in [-0.2, 0) is 16.7 Å². The molecule has 0 saturated carbocycles. The number of anilines is 1. The molecule has 0 spiro atoms. The normalized spacial score (nSPS) is 14.4. The lowest BCUT2D eigenvalue weighted by Crippen LogP contribution is -2.38. The first-order valence-electron chi connectivity index (χ1n) is 14.0. The summed E-state index contributed by atoms with van der Waals surface area (Å²) < 4.78 is 42.2. The molecule has 9 heteroatoms. The van der Waals surface area contributed by atoms with Crippen molar-refractivity contribution >= 4 is 45.0 Å². The highest BCUT2D eigenvalue weighted by Gasteiger charge is 2.29. The summed E-state index contributed by atoms with van der Waals surface area (Å²) in [5.41, 5.74) is 5.46. The van der Waals surface area contributed by atoms with E-state index in [0.717, 1.165) is 61.7 Å². The van der Waals surface area contributed by atoms with Gasteiger partial charge in [-0.15, -0.1) is 0 Å². The molecule has 0 fully saturated rings. The molecule has 218 valence electrons. The minimum Gasteiger partial charge on any atom is -0.748 e. The summed E-state index contributed by atoms with van der Waals surface area (Å²) in [7, 11) is -2.63. The zero-order chi connectivity index (χ0) is 29.7. The molecule has 0 unspecified atom stereocenters. The Bertz CT molecular complexity index is 1710. The van der Waals surface area contributed by atoms with Crippen molar-refractivity contribution in [2.45, 2.75) is 38.1 Å². The van der Waals surface area contributed by atoms with E-state index in [1.807, 2.05) is 42.5 Å². The minimum atomic E-state index is -4.32. The number of hydrogen-bond donors (Lipinski definition) is 0. The quantitative estimate of drug-likeness (QED) is 0.127. The number of thioether (sulfide) groups is 1. The molecule has 4 aromatic rings. The number of rotatable bonds is 11. The van der Waals surface area contributed by atoms with Gasteiger partial charge in [0.15, 0.2) is 6.54 Å². The Hall–Kier alpha value is -3.37. The maximum absolute atomic E-state index is 11.5. The van der Waals surface area contributed by atoms with E-state index in [9.17, 15) is 13.0 Å². The third-order valence-electron chi connectivity index (χ3n) is 7.10. The number of aromatic nitrogens is 1. The van der Waals surface area contributed by atoms with Gasteiger partial charge in [-0.1, -0.05) is 78.6 Å². The number of benzene rings is 3. The van der Waals surface area contributed by atoms with E-state index in [1.54, 1.807) is 30.2 Å². The van der Waals surface area contributed by atoms with Crippen LogP contribution in [0.15, 0.2) is 100 Å². The van der Waals surface area contributed by atoms with Crippen molar-refractivity contribution in [1.29, 1.82) is 0 Å². The van der Waals surface area contributed by atoms with Gasteiger partial charge in [0, 0.05) is 41.3 Å². The predicted molar refractivity (Wildman–Crippen MR) is 173 cm³/mol. The lowest BCUT2D eigenvalue weighted by Gasteiger charge is -2.18. The van der Waals surface area contributed by atoms with E-state index >= 15 is 0 Å². The van der Waals surface area contributed by atoms with Gasteiger partial charge in [0.05, 0.1) is 27.9 Å². The van der Waals surface area contributed by atoms with Crippen molar-refractivity contribution in [2.75, 3.05) is 24.3 Å². The monoisotopic (exact) mass is 618 g/mol. The van der Waals surface area contributed by atoms with Gasteiger partial charge < -0.3 is 14.2 Å². The molecule has 0 atom stereocenters. The van der Waals surface area contributed by atoms with Crippen molar-refractivity contribution in [3.8, 4) is 27.4 Å². The predicted octanol–water partition coefficient (Wildman–Crippen LogP) is 7.58. The maximum atomic E-state index is 11.5. The van der Waals surface area contributed by atoms with Gasteiger partial charge >= 0.3 is 0 Å². The second-order valence-electron chi connectivity index (χ2n) is 9.85. The summed E-state index contributed by atoms with van der Waals surface area (Å²) in [5.74, 6) is 0.435. The van der Waals surface area contributed by atoms with Crippen molar-refractivity contribution in [2.24, 2.45) is 0 Å². The fourth-order valence-corrected chi connectivity index (χ4v) is 8.00. The molecule has 5 rings (SSSR count). The molecule has 1 aliphatic rings. The number of nitrogens with zero attached hydrogens (tertiary/aromatic N) is 2. The SMILES string of the molecule is CCC(=C/c1sc(-c2ccccc2)c(-c2ccccc2)[n+]1CCCS(=O)(=O)[O-])/C=C1/Sc2ccc(OC)cc2N1CC. The minimum absolute atomic E-state index is 0.237. The molecule has 6 nitrogen and oxygen atoms in total. The van der Waals surface area contributed by atoms with E-state index in [1.165, 1.54) is 4.90 Å². The highest BCUT2D eigenvalue weighted by molar-refractivity contribution is 8.03. The average molecular weight is 619 g/mol. The number of thiazole rings is 1. The third kappa shape index (κ3) is 6.81. The van der Waals surface area contributed by atoms with Crippen LogP contribution in [0.2, 0.25) is 0 Å². The topological polar surface area (TPSA) is 73.5 Å². The van der Waals surface area contributed by atoms with Crippen LogP contribution in [0.5, 0.6) is 5.75 Å². The van der Waals surface area contributed by atoms with Crippen molar-refractivity contribution < 1.29 is 22.3 Å². The molecule has 2 heterocycles. The second-order valence-corrected chi connectivity index (χ2v) is 13.5. The van der Waals surface area contributed by atoms with E-state index in [4.69, 9.17) is 4.74 Å². The lowest BCUT2D eigenvalue weighted by atomic mass is 10.1. The van der Waals surface area contributed by atoms with Gasteiger partial charge in [-0.25, -0.2) is 8.42 Å². The zero-order valence-electron chi connectivity index (χ0n) is 23.9. The number of allylic oxidation sites excluding steroid dienone is 2. The molecular weight excluding hydrogens is 585 g/mol. The Morgan fingerprint density at radius 3 is 2.31 bits per heavy atom. The van der Waals surface area contributed by atoms with Crippen molar-refractivity contribution in [1.82, 2.24) is 0 Å². The second kappa shape index (κ2) is 13.3. The molecule has 0 amide bonds. The highest BCUT2D eigenvalue weighted by Crippen LogP contribution is 2.48. The van der Waals surface area contributed by atoms with Crippen LogP contribution >= 0.6 is 23.1 Å². The maximum Gasteiger partial charge on any atom is 0.263 e. The van der Waals surface area contributed by atoms with Crippen LogP contribution in [-0.4, -0.2) is 32.4 Å². The molecule has 0 saturated heterocycles. The summed E-state index contributed by atoms with van der Waals surface area (Å²) in [5, 5.41) is 2.16. The van der Waals surface area contributed by atoms with E-state index in [2.05, 4.69) is 71.9 Å². The van der Waals surface area contributed by atoms with Gasteiger partial charge in [-0.2, -0.15) is 4.57 Å². The Morgan fingerprint density at radius 1 is 1.00 bits per heavy atom. The summed E-state index contributed by atoms with van der Waals surface area (Å²) in [6, 6.07) is 26.6. The number of hydrogen-bond acceptors (Lipinski definition) is 7. The average Bonchev–Trinajstić information content (AvgIpc) is 3.53. The van der Waals surface area contributed by atoms with Crippen LogP contribution in [0.25, 0.3) is 27.8 Å². The Balaban J connectivity index is 1.63. The van der Waals surface area contributed by atoms with E-state index < -0.39 is 15.9 Å².